The number of nitrogens with zero attached hydrogens (tertiary/aromatic N) is 2. The Kier molecular flexibility index (Phi) is 7.55. The van der Waals surface area contributed by atoms with Crippen molar-refractivity contribution in [1.29, 1.82) is 0 Å². The fraction of sp³-hybridized carbons (Fsp3) is 0.481. The first-order valence-electron chi connectivity index (χ1n) is 11.4. The molecule has 1 aliphatic carbocycles. The maximum atomic E-state index is 4.46. The average molecular weight is 453 g/mol. The molecule has 166 valence electrons. The fourth-order valence-electron chi connectivity index (χ4n) is 4.69. The summed E-state index contributed by atoms with van der Waals surface area (Å²) < 4.78 is 0. The van der Waals surface area contributed by atoms with Gasteiger partial charge in [0.2, 0.25) is 0 Å². The van der Waals surface area contributed by atoms with Crippen molar-refractivity contribution < 1.29 is 0 Å². The van der Waals surface area contributed by atoms with Gasteiger partial charge in [-0.25, -0.2) is 0 Å². The standard InChI is InChI=1S/C27H38N2P2/c1-7-25(3,4)31(26(5,6)8-2)20-21-12-9-15-24(21)27(30,22-13-10-16-28-18-22)23-14-11-17-29-19-23/h9-19,21H,7-8,20,30H2,1-6H3. The summed E-state index contributed by atoms with van der Waals surface area (Å²) in [5.74, 6) is 0.417. The summed E-state index contributed by atoms with van der Waals surface area (Å²) in [6.45, 7) is 14.6. The van der Waals surface area contributed by atoms with E-state index in [-0.39, 0.29) is 13.1 Å². The van der Waals surface area contributed by atoms with Crippen molar-refractivity contribution in [1.82, 2.24) is 9.97 Å². The van der Waals surface area contributed by atoms with Crippen molar-refractivity contribution in [3.05, 3.63) is 84.0 Å². The lowest BCUT2D eigenvalue weighted by atomic mass is 9.81. The molecule has 0 aromatic carbocycles. The Morgan fingerprint density at radius 3 is 1.84 bits per heavy atom. The van der Waals surface area contributed by atoms with E-state index >= 15 is 0 Å². The van der Waals surface area contributed by atoms with E-state index in [1.165, 1.54) is 35.7 Å². The van der Waals surface area contributed by atoms with Gasteiger partial charge < -0.3 is 0 Å². The molecule has 1 aliphatic rings. The zero-order chi connectivity index (χ0) is 22.7. The molecule has 2 heterocycles. The van der Waals surface area contributed by atoms with Crippen LogP contribution in [0.4, 0.5) is 0 Å². The second kappa shape index (κ2) is 9.64. The molecule has 0 spiro atoms. The number of pyridine rings is 2. The van der Waals surface area contributed by atoms with E-state index in [1.54, 1.807) is 0 Å². The maximum absolute atomic E-state index is 4.46. The Labute approximate surface area is 193 Å². The molecule has 0 saturated carbocycles. The minimum atomic E-state index is -0.329. The molecule has 0 N–H and O–H groups in total. The molecule has 2 nitrogen and oxygen atoms in total. The lowest BCUT2D eigenvalue weighted by Gasteiger charge is -2.47. The summed E-state index contributed by atoms with van der Waals surface area (Å²) >= 11 is 0. The van der Waals surface area contributed by atoms with E-state index in [0.717, 1.165) is 0 Å². The molecule has 0 amide bonds. The van der Waals surface area contributed by atoms with Gasteiger partial charge in [0, 0.05) is 30.7 Å². The quantitative estimate of drug-likeness (QED) is 0.367. The monoisotopic (exact) mass is 452 g/mol. The van der Waals surface area contributed by atoms with Gasteiger partial charge in [-0.15, -0.1) is 9.24 Å². The third-order valence-electron chi connectivity index (χ3n) is 7.28. The molecule has 0 aliphatic heterocycles. The van der Waals surface area contributed by atoms with Crippen molar-refractivity contribution in [3.8, 4) is 0 Å². The highest BCUT2D eigenvalue weighted by Crippen LogP contribution is 2.64. The summed E-state index contributed by atoms with van der Waals surface area (Å²) in [4.78, 5) is 8.92. The molecule has 0 radical (unpaired) electrons. The van der Waals surface area contributed by atoms with Crippen LogP contribution in [0.5, 0.6) is 0 Å². The third kappa shape index (κ3) is 4.86. The van der Waals surface area contributed by atoms with Gasteiger partial charge in [-0.3, -0.25) is 9.97 Å². The maximum Gasteiger partial charge on any atom is 0.0590 e. The highest BCUT2D eigenvalue weighted by Gasteiger charge is 2.43. The second-order valence-electron chi connectivity index (χ2n) is 9.85. The zero-order valence-corrected chi connectivity index (χ0v) is 22.0. The van der Waals surface area contributed by atoms with Gasteiger partial charge in [0.05, 0.1) is 5.16 Å². The van der Waals surface area contributed by atoms with Crippen LogP contribution in [0.25, 0.3) is 0 Å². The molecule has 0 bridgehead atoms. The Hall–Kier alpha value is -1.36. The second-order valence-corrected chi connectivity index (χ2v) is 14.4. The smallest absolute Gasteiger partial charge is 0.0590 e. The number of hydrogen-bond donors (Lipinski definition) is 0. The normalized spacial score (nSPS) is 17.3. The van der Waals surface area contributed by atoms with Gasteiger partial charge in [0.15, 0.2) is 0 Å². The lowest BCUT2D eigenvalue weighted by molar-refractivity contribution is 0.594. The minimum Gasteiger partial charge on any atom is -0.264 e. The van der Waals surface area contributed by atoms with Crippen molar-refractivity contribution in [2.45, 2.75) is 69.9 Å². The van der Waals surface area contributed by atoms with Crippen molar-refractivity contribution in [3.63, 3.8) is 0 Å². The van der Waals surface area contributed by atoms with Gasteiger partial charge in [-0.1, -0.05) is 79.8 Å². The Morgan fingerprint density at radius 2 is 1.42 bits per heavy atom. The van der Waals surface area contributed by atoms with E-state index in [2.05, 4.69) is 91.1 Å². The first-order chi connectivity index (χ1) is 14.7. The Morgan fingerprint density at radius 1 is 0.903 bits per heavy atom. The molecule has 2 unspecified atom stereocenters. The summed E-state index contributed by atoms with van der Waals surface area (Å²) in [7, 11) is 2.98. The van der Waals surface area contributed by atoms with Crippen LogP contribution in [0, 0.1) is 5.92 Å². The van der Waals surface area contributed by atoms with Gasteiger partial charge in [-0.2, -0.15) is 0 Å². The first kappa shape index (κ1) is 24.3. The predicted octanol–water partition coefficient (Wildman–Crippen LogP) is 7.57. The highest BCUT2D eigenvalue weighted by atomic mass is 31.1. The molecular weight excluding hydrogens is 414 g/mol. The van der Waals surface area contributed by atoms with Crippen LogP contribution in [0.1, 0.15) is 65.5 Å². The SMILES string of the molecule is CCC(C)(C)P(CC1C=CC=C1C(P)(c1cccnc1)c1cccnc1)C(C)(C)CC. The number of allylic oxidation sites excluding steroid dienone is 4. The Bertz CT molecular complexity index is 861. The van der Waals surface area contributed by atoms with E-state index in [0.29, 0.717) is 16.2 Å². The van der Waals surface area contributed by atoms with Gasteiger partial charge in [0.25, 0.3) is 0 Å². The minimum absolute atomic E-state index is 0.203. The van der Waals surface area contributed by atoms with Crippen LogP contribution in [0.15, 0.2) is 72.9 Å². The number of rotatable bonds is 9. The molecular formula is C27H38N2P2. The van der Waals surface area contributed by atoms with E-state index in [1.807, 2.05) is 36.9 Å². The van der Waals surface area contributed by atoms with Crippen LogP contribution in [-0.4, -0.2) is 26.4 Å². The topological polar surface area (TPSA) is 25.8 Å². The van der Waals surface area contributed by atoms with Crippen molar-refractivity contribution >= 4 is 17.2 Å². The van der Waals surface area contributed by atoms with Crippen molar-refractivity contribution in [2.75, 3.05) is 6.16 Å². The predicted molar refractivity (Wildman–Crippen MR) is 140 cm³/mol. The highest BCUT2D eigenvalue weighted by molar-refractivity contribution is 7.60. The van der Waals surface area contributed by atoms with Crippen LogP contribution in [0.2, 0.25) is 0 Å². The fourth-order valence-corrected chi connectivity index (χ4v) is 9.44. The van der Waals surface area contributed by atoms with Gasteiger partial charge in [-0.05, 0) is 58.1 Å². The molecule has 0 fully saturated rings. The molecule has 2 atom stereocenters. The first-order valence-corrected chi connectivity index (χ1v) is 13.5. The van der Waals surface area contributed by atoms with Gasteiger partial charge in [0.1, 0.15) is 0 Å². The van der Waals surface area contributed by atoms with Crippen LogP contribution in [0.3, 0.4) is 0 Å². The van der Waals surface area contributed by atoms with Crippen molar-refractivity contribution in [2.24, 2.45) is 5.92 Å². The average Bonchev–Trinajstić information content (AvgIpc) is 3.27. The summed E-state index contributed by atoms with van der Waals surface area (Å²) in [5.41, 5.74) is 3.83. The number of aromatic nitrogens is 2. The van der Waals surface area contributed by atoms with Crippen LogP contribution < -0.4 is 0 Å². The van der Waals surface area contributed by atoms with E-state index < -0.39 is 0 Å². The molecule has 31 heavy (non-hydrogen) atoms. The van der Waals surface area contributed by atoms with Crippen LogP contribution in [-0.2, 0) is 5.16 Å². The zero-order valence-electron chi connectivity index (χ0n) is 20.0. The lowest BCUT2D eigenvalue weighted by Crippen LogP contribution is -2.34. The molecule has 4 heteroatoms. The van der Waals surface area contributed by atoms with Crippen LogP contribution >= 0.6 is 17.2 Å². The Balaban J connectivity index is 2.06. The molecule has 2 aromatic rings. The van der Waals surface area contributed by atoms with Gasteiger partial charge >= 0.3 is 0 Å². The molecule has 0 saturated heterocycles. The summed E-state index contributed by atoms with van der Waals surface area (Å²) in [5, 5.41) is 0.371. The summed E-state index contributed by atoms with van der Waals surface area (Å²) in [6.07, 6.45) is 18.4. The molecule has 3 rings (SSSR count). The summed E-state index contributed by atoms with van der Waals surface area (Å²) in [6, 6.07) is 8.46. The number of hydrogen-bond acceptors (Lipinski definition) is 2. The third-order valence-corrected chi connectivity index (χ3v) is 12.6. The van der Waals surface area contributed by atoms with E-state index in [4.69, 9.17) is 0 Å². The molecule has 2 aromatic heterocycles. The largest absolute Gasteiger partial charge is 0.264 e. The van der Waals surface area contributed by atoms with E-state index in [9.17, 15) is 0 Å².